The number of aryl methyl sites for hydroxylation is 2. The normalized spacial score (nSPS) is 14.6. The first-order valence-electron chi connectivity index (χ1n) is 6.48. The van der Waals surface area contributed by atoms with Gasteiger partial charge in [-0.15, -0.1) is 0 Å². The lowest BCUT2D eigenvalue weighted by Gasteiger charge is -2.21. The second-order valence-electron chi connectivity index (χ2n) is 5.08. The number of rotatable bonds is 6. The summed E-state index contributed by atoms with van der Waals surface area (Å²) in [5.41, 5.74) is 3.98. The molecule has 0 saturated carbocycles. The highest BCUT2D eigenvalue weighted by Gasteiger charge is 2.09. The van der Waals surface area contributed by atoms with E-state index in [9.17, 15) is 0 Å². The van der Waals surface area contributed by atoms with Crippen LogP contribution in [0.15, 0.2) is 18.2 Å². The average molecular weight is 235 g/mol. The molecule has 0 aliphatic carbocycles. The Bertz CT molecular complexity index is 329. The predicted molar refractivity (Wildman–Crippen MR) is 73.2 cm³/mol. The highest BCUT2D eigenvalue weighted by Crippen LogP contribution is 2.17. The van der Waals surface area contributed by atoms with Gasteiger partial charge in [-0.1, -0.05) is 29.3 Å². The summed E-state index contributed by atoms with van der Waals surface area (Å²) >= 11 is 0. The van der Waals surface area contributed by atoms with Crippen LogP contribution >= 0.6 is 0 Å². The molecular weight excluding hydrogens is 210 g/mol. The Balaban J connectivity index is 2.59. The van der Waals surface area contributed by atoms with Crippen molar-refractivity contribution in [2.45, 2.75) is 52.6 Å². The van der Waals surface area contributed by atoms with E-state index in [-0.39, 0.29) is 6.61 Å². The van der Waals surface area contributed by atoms with Crippen molar-refractivity contribution >= 4 is 0 Å². The van der Waals surface area contributed by atoms with Gasteiger partial charge in [0.05, 0.1) is 0 Å². The number of benzene rings is 1. The molecule has 2 atom stereocenters. The van der Waals surface area contributed by atoms with Gasteiger partial charge in [0.25, 0.3) is 0 Å². The van der Waals surface area contributed by atoms with Crippen LogP contribution in [0.1, 0.15) is 49.4 Å². The molecule has 0 spiro atoms. The molecule has 0 fully saturated rings. The van der Waals surface area contributed by atoms with Crippen LogP contribution in [0, 0.1) is 13.8 Å². The minimum absolute atomic E-state index is 0.282. The molecular formula is C15H25NO. The summed E-state index contributed by atoms with van der Waals surface area (Å²) < 4.78 is 0. The number of aliphatic hydroxyl groups is 1. The van der Waals surface area contributed by atoms with E-state index in [2.05, 4.69) is 51.2 Å². The Labute approximate surface area is 105 Å². The van der Waals surface area contributed by atoms with Gasteiger partial charge >= 0.3 is 0 Å². The highest BCUT2D eigenvalue weighted by atomic mass is 16.2. The van der Waals surface area contributed by atoms with Gasteiger partial charge in [0, 0.05) is 18.7 Å². The van der Waals surface area contributed by atoms with Gasteiger partial charge in [0.1, 0.15) is 0 Å². The van der Waals surface area contributed by atoms with Gasteiger partial charge in [-0.25, -0.2) is 0 Å². The number of hydrogen-bond donors (Lipinski definition) is 2. The summed E-state index contributed by atoms with van der Waals surface area (Å²) in [6, 6.07) is 7.48. The summed E-state index contributed by atoms with van der Waals surface area (Å²) in [6.45, 7) is 8.93. The van der Waals surface area contributed by atoms with Crippen molar-refractivity contribution in [3.63, 3.8) is 0 Å². The zero-order chi connectivity index (χ0) is 12.8. The van der Waals surface area contributed by atoms with E-state index in [1.165, 1.54) is 16.7 Å². The molecule has 0 bridgehead atoms. The number of aliphatic hydroxyl groups excluding tert-OH is 1. The van der Waals surface area contributed by atoms with Crippen LogP contribution in [-0.2, 0) is 0 Å². The molecule has 2 N–H and O–H groups in total. The highest BCUT2D eigenvalue weighted by molar-refractivity contribution is 5.30. The molecule has 2 nitrogen and oxygen atoms in total. The molecule has 0 amide bonds. The molecule has 96 valence electrons. The van der Waals surface area contributed by atoms with Gasteiger partial charge in [-0.05, 0) is 46.1 Å². The summed E-state index contributed by atoms with van der Waals surface area (Å²) in [7, 11) is 0. The molecule has 0 saturated heterocycles. The molecule has 1 aromatic carbocycles. The van der Waals surface area contributed by atoms with Gasteiger partial charge in [0.2, 0.25) is 0 Å². The fourth-order valence-corrected chi connectivity index (χ4v) is 2.26. The van der Waals surface area contributed by atoms with E-state index in [0.717, 1.165) is 12.8 Å². The van der Waals surface area contributed by atoms with E-state index in [1.54, 1.807) is 0 Å². The van der Waals surface area contributed by atoms with Crippen LogP contribution in [0.25, 0.3) is 0 Å². The maximum atomic E-state index is 8.81. The van der Waals surface area contributed by atoms with Crippen molar-refractivity contribution in [3.05, 3.63) is 34.9 Å². The first kappa shape index (κ1) is 14.2. The fraction of sp³-hybridized carbons (Fsp3) is 0.600. The van der Waals surface area contributed by atoms with Crippen LogP contribution in [0.3, 0.4) is 0 Å². The minimum atomic E-state index is 0.282. The Hall–Kier alpha value is -0.860. The maximum absolute atomic E-state index is 8.81. The number of nitrogens with one attached hydrogen (secondary N) is 1. The van der Waals surface area contributed by atoms with Crippen molar-refractivity contribution in [1.82, 2.24) is 5.32 Å². The second kappa shape index (κ2) is 6.77. The monoisotopic (exact) mass is 235 g/mol. The van der Waals surface area contributed by atoms with Gasteiger partial charge in [0.15, 0.2) is 0 Å². The Kier molecular flexibility index (Phi) is 5.66. The van der Waals surface area contributed by atoms with Crippen LogP contribution in [0.5, 0.6) is 0 Å². The lowest BCUT2D eigenvalue weighted by Crippen LogP contribution is -2.29. The van der Waals surface area contributed by atoms with Gasteiger partial charge in [-0.2, -0.15) is 0 Å². The first-order valence-corrected chi connectivity index (χ1v) is 6.48. The van der Waals surface area contributed by atoms with Crippen molar-refractivity contribution in [2.24, 2.45) is 0 Å². The van der Waals surface area contributed by atoms with Gasteiger partial charge < -0.3 is 10.4 Å². The quantitative estimate of drug-likeness (QED) is 0.794. The van der Waals surface area contributed by atoms with E-state index in [4.69, 9.17) is 5.11 Å². The molecule has 2 unspecified atom stereocenters. The van der Waals surface area contributed by atoms with Crippen LogP contribution in [0.2, 0.25) is 0 Å². The molecule has 1 aromatic rings. The molecule has 17 heavy (non-hydrogen) atoms. The summed E-state index contributed by atoms with van der Waals surface area (Å²) in [5.74, 6) is 0. The Morgan fingerprint density at radius 3 is 2.24 bits per heavy atom. The second-order valence-corrected chi connectivity index (χ2v) is 5.08. The largest absolute Gasteiger partial charge is 0.396 e. The fourth-order valence-electron chi connectivity index (χ4n) is 2.26. The smallest absolute Gasteiger partial charge is 0.0431 e. The topological polar surface area (TPSA) is 32.3 Å². The first-order chi connectivity index (χ1) is 8.02. The standard InChI is InChI=1S/C15H25NO/c1-11-8-12(2)10-15(9-11)14(4)16-13(3)6-5-7-17/h8-10,13-14,16-17H,5-7H2,1-4H3. The van der Waals surface area contributed by atoms with Gasteiger partial charge in [-0.3, -0.25) is 0 Å². The van der Waals surface area contributed by atoms with Crippen molar-refractivity contribution in [2.75, 3.05) is 6.61 Å². The third kappa shape index (κ3) is 4.88. The lowest BCUT2D eigenvalue weighted by atomic mass is 10.0. The summed E-state index contributed by atoms with van der Waals surface area (Å²) in [5, 5.41) is 12.4. The molecule has 0 radical (unpaired) electrons. The van der Waals surface area contributed by atoms with Crippen LogP contribution in [0.4, 0.5) is 0 Å². The van der Waals surface area contributed by atoms with E-state index in [0.29, 0.717) is 12.1 Å². The molecule has 0 aliphatic heterocycles. The number of hydrogen-bond acceptors (Lipinski definition) is 2. The molecule has 0 aromatic heterocycles. The van der Waals surface area contributed by atoms with Crippen LogP contribution in [-0.4, -0.2) is 17.8 Å². The summed E-state index contributed by atoms with van der Waals surface area (Å²) in [6.07, 6.45) is 1.89. The maximum Gasteiger partial charge on any atom is 0.0431 e. The Morgan fingerprint density at radius 2 is 1.71 bits per heavy atom. The molecule has 0 heterocycles. The van der Waals surface area contributed by atoms with Crippen molar-refractivity contribution in [3.8, 4) is 0 Å². The zero-order valence-electron chi connectivity index (χ0n) is 11.5. The summed E-state index contributed by atoms with van der Waals surface area (Å²) in [4.78, 5) is 0. The predicted octanol–water partition coefficient (Wildman–Crippen LogP) is 3.12. The lowest BCUT2D eigenvalue weighted by molar-refractivity contribution is 0.274. The third-order valence-corrected chi connectivity index (χ3v) is 3.07. The SMILES string of the molecule is Cc1cc(C)cc(C(C)NC(C)CCCO)c1. The van der Waals surface area contributed by atoms with Crippen molar-refractivity contribution < 1.29 is 5.11 Å². The Morgan fingerprint density at radius 1 is 1.12 bits per heavy atom. The minimum Gasteiger partial charge on any atom is -0.396 e. The average Bonchev–Trinajstić information content (AvgIpc) is 2.25. The van der Waals surface area contributed by atoms with Crippen LogP contribution < -0.4 is 5.32 Å². The van der Waals surface area contributed by atoms with E-state index < -0.39 is 0 Å². The van der Waals surface area contributed by atoms with E-state index in [1.807, 2.05) is 0 Å². The van der Waals surface area contributed by atoms with Crippen molar-refractivity contribution in [1.29, 1.82) is 0 Å². The third-order valence-electron chi connectivity index (χ3n) is 3.07. The molecule has 1 rings (SSSR count). The molecule has 2 heteroatoms. The molecule has 0 aliphatic rings. The van der Waals surface area contributed by atoms with E-state index >= 15 is 0 Å². The zero-order valence-corrected chi connectivity index (χ0v) is 11.5.